The van der Waals surface area contributed by atoms with Crippen LogP contribution in [0.4, 0.5) is 0 Å². The number of amides is 1. The fourth-order valence-corrected chi connectivity index (χ4v) is 6.70. The zero-order valence-electron chi connectivity index (χ0n) is 29.1. The van der Waals surface area contributed by atoms with Crippen LogP contribution in [0.2, 0.25) is 0 Å². The number of ether oxygens (including phenoxy) is 6. The molecule has 24 N–H and O–H groups in total. The Morgan fingerprint density at radius 1 is 0.736 bits per heavy atom. The second-order valence-electron chi connectivity index (χ2n) is 13.8. The fraction of sp³-hybridized carbons (Fsp3) is 0.931. The number of aliphatic imine (C=N–C) groups is 1. The van der Waals surface area contributed by atoms with E-state index in [-0.39, 0.29) is 38.4 Å². The van der Waals surface area contributed by atoms with Gasteiger partial charge in [-0.1, -0.05) is 0 Å². The number of carbonyl (C=O) groups excluding carboxylic acids is 1. The topological polar surface area (TPSA) is 447 Å². The summed E-state index contributed by atoms with van der Waals surface area (Å²) in [5.74, 6) is -0.674. The van der Waals surface area contributed by atoms with Crippen LogP contribution in [0.1, 0.15) is 19.3 Å². The zero-order chi connectivity index (χ0) is 39.3. The number of hydrogen-bond donors (Lipinski definition) is 16. The largest absolute Gasteiger partial charge is 0.394 e. The van der Waals surface area contributed by atoms with E-state index in [0.29, 0.717) is 6.42 Å². The van der Waals surface area contributed by atoms with E-state index in [1.54, 1.807) is 0 Å². The quantitative estimate of drug-likeness (QED) is 0.0417. The van der Waals surface area contributed by atoms with Gasteiger partial charge in [-0.05, 0) is 19.3 Å². The first-order chi connectivity index (χ1) is 25.0. The number of hydrogen-bond acceptors (Lipinski definition) is 21. The maximum atomic E-state index is 12.6. The predicted octanol–water partition coefficient (Wildman–Crippen LogP) is -10.4. The number of nitrogens with zero attached hydrogens (tertiary/aromatic N) is 1. The van der Waals surface area contributed by atoms with Crippen molar-refractivity contribution in [2.75, 3.05) is 26.2 Å². The molecule has 0 aromatic heterocycles. The highest BCUT2D eigenvalue weighted by atomic mass is 16.8. The van der Waals surface area contributed by atoms with Gasteiger partial charge in [0.25, 0.3) is 0 Å². The molecule has 53 heavy (non-hydrogen) atoms. The average molecular weight is 771 g/mol. The standard InChI is InChI=1S/C29H58N10O14/c30-5-11-17(42)19(44)14(34)26(48-11)51-22-10(33)4-9(32)16(41)24(22)53-28-21(46)23(13(7-40)50-28)52-27-15(35)20(45)18(43)12(49-27)6-39-25(47)8(31)2-1-3-38-29(36)37/h8-24,26-28,40-46H,1-7,30-35H2,(H,39,47)(H4,36,37,38)/t8-,9+,10-,11+,12-,13+,14+,15+,16-,17+,18+,19+,20+,21+,22+,23+,24+,26+,27?,28-/m0/s1. The first-order valence-electron chi connectivity index (χ1n) is 17.4. The molecule has 0 spiro atoms. The van der Waals surface area contributed by atoms with Crippen molar-refractivity contribution < 1.29 is 69.0 Å². The molecule has 0 radical (unpaired) electrons. The summed E-state index contributed by atoms with van der Waals surface area (Å²) in [5.41, 5.74) is 46.8. The van der Waals surface area contributed by atoms with Crippen LogP contribution in [0, 0.1) is 0 Å². The highest BCUT2D eigenvalue weighted by Crippen LogP contribution is 2.34. The van der Waals surface area contributed by atoms with E-state index >= 15 is 0 Å². The lowest BCUT2D eigenvalue weighted by Gasteiger charge is -2.47. The minimum absolute atomic E-state index is 0.0519. The Morgan fingerprint density at radius 3 is 1.87 bits per heavy atom. The number of carbonyl (C=O) groups is 1. The average Bonchev–Trinajstić information content (AvgIpc) is 3.42. The molecule has 308 valence electrons. The molecule has 0 aromatic carbocycles. The van der Waals surface area contributed by atoms with Crippen molar-refractivity contribution in [2.45, 2.75) is 142 Å². The Balaban J connectivity index is 1.42. The van der Waals surface area contributed by atoms with Crippen LogP contribution in [0.5, 0.6) is 0 Å². The summed E-state index contributed by atoms with van der Waals surface area (Å²) in [7, 11) is 0. The first-order valence-corrected chi connectivity index (χ1v) is 17.4. The number of aliphatic hydroxyl groups is 7. The number of guanidine groups is 1. The van der Waals surface area contributed by atoms with E-state index in [1.165, 1.54) is 0 Å². The molecule has 3 aliphatic heterocycles. The number of nitrogens with two attached hydrogens (primary N) is 8. The van der Waals surface area contributed by atoms with Crippen LogP contribution < -0.4 is 51.2 Å². The second-order valence-corrected chi connectivity index (χ2v) is 13.8. The molecule has 3 heterocycles. The van der Waals surface area contributed by atoms with Crippen LogP contribution in [-0.2, 0) is 33.2 Å². The minimum Gasteiger partial charge on any atom is -0.394 e. The van der Waals surface area contributed by atoms with E-state index in [1.807, 2.05) is 0 Å². The minimum atomic E-state index is -1.70. The smallest absolute Gasteiger partial charge is 0.237 e. The molecule has 4 aliphatic rings. The zero-order valence-corrected chi connectivity index (χ0v) is 29.1. The van der Waals surface area contributed by atoms with Crippen LogP contribution in [-0.4, -0.2) is 196 Å². The summed E-state index contributed by atoms with van der Waals surface area (Å²) >= 11 is 0. The molecule has 20 atom stereocenters. The molecular weight excluding hydrogens is 712 g/mol. The lowest BCUT2D eigenvalue weighted by atomic mass is 9.84. The highest BCUT2D eigenvalue weighted by Gasteiger charge is 2.54. The third-order valence-corrected chi connectivity index (χ3v) is 9.92. The van der Waals surface area contributed by atoms with Crippen LogP contribution >= 0.6 is 0 Å². The third-order valence-electron chi connectivity index (χ3n) is 9.92. The Kier molecular flexibility index (Phi) is 15.9. The Hall–Kier alpha value is -2.02. The van der Waals surface area contributed by atoms with Gasteiger partial charge in [-0.2, -0.15) is 0 Å². The fourth-order valence-electron chi connectivity index (χ4n) is 6.70. The van der Waals surface area contributed by atoms with Gasteiger partial charge in [-0.25, -0.2) is 0 Å². The molecular formula is C29H58N10O14. The lowest BCUT2D eigenvalue weighted by Crippen LogP contribution is -2.68. The molecule has 4 rings (SSSR count). The van der Waals surface area contributed by atoms with Crippen LogP contribution in [0.15, 0.2) is 4.99 Å². The van der Waals surface area contributed by atoms with Gasteiger partial charge in [0.05, 0.1) is 30.8 Å². The molecule has 1 amide bonds. The van der Waals surface area contributed by atoms with Crippen LogP contribution in [0.25, 0.3) is 0 Å². The van der Waals surface area contributed by atoms with Crippen molar-refractivity contribution >= 4 is 11.9 Å². The molecule has 1 aliphatic carbocycles. The van der Waals surface area contributed by atoms with Gasteiger partial charge in [-0.15, -0.1) is 0 Å². The number of aliphatic hydroxyl groups excluding tert-OH is 7. The van der Waals surface area contributed by atoms with E-state index < -0.39 is 135 Å². The van der Waals surface area contributed by atoms with Gasteiger partial charge in [0.1, 0.15) is 67.1 Å². The summed E-state index contributed by atoms with van der Waals surface area (Å²) in [6, 6.07) is -5.39. The van der Waals surface area contributed by atoms with E-state index in [4.69, 9.17) is 74.3 Å². The Morgan fingerprint density at radius 2 is 1.28 bits per heavy atom. The van der Waals surface area contributed by atoms with Crippen molar-refractivity contribution in [3.8, 4) is 0 Å². The molecule has 0 aromatic rings. The summed E-state index contributed by atoms with van der Waals surface area (Å²) in [4.78, 5) is 16.4. The second kappa shape index (κ2) is 19.2. The predicted molar refractivity (Wildman–Crippen MR) is 180 cm³/mol. The van der Waals surface area contributed by atoms with Gasteiger partial charge in [0, 0.05) is 31.7 Å². The summed E-state index contributed by atoms with van der Waals surface area (Å²) in [6.07, 6.45) is -20.6. The van der Waals surface area contributed by atoms with Crippen molar-refractivity contribution in [3.63, 3.8) is 0 Å². The molecule has 4 fully saturated rings. The molecule has 24 heteroatoms. The van der Waals surface area contributed by atoms with Gasteiger partial charge in [0.2, 0.25) is 5.91 Å². The molecule has 3 saturated heterocycles. The van der Waals surface area contributed by atoms with Gasteiger partial charge in [-0.3, -0.25) is 9.79 Å². The maximum absolute atomic E-state index is 12.6. The molecule has 0 bridgehead atoms. The highest BCUT2D eigenvalue weighted by molar-refractivity contribution is 5.81. The van der Waals surface area contributed by atoms with E-state index in [9.17, 15) is 40.5 Å². The lowest BCUT2D eigenvalue weighted by molar-refractivity contribution is -0.306. The molecule has 24 nitrogen and oxygen atoms in total. The van der Waals surface area contributed by atoms with Crippen molar-refractivity contribution in [1.29, 1.82) is 0 Å². The molecule has 1 unspecified atom stereocenters. The monoisotopic (exact) mass is 770 g/mol. The maximum Gasteiger partial charge on any atom is 0.237 e. The van der Waals surface area contributed by atoms with Gasteiger partial charge < -0.3 is 115 Å². The number of nitrogens with one attached hydrogen (secondary N) is 1. The van der Waals surface area contributed by atoms with Crippen molar-refractivity contribution in [2.24, 2.45) is 50.9 Å². The normalized spacial score (nSPS) is 45.4. The van der Waals surface area contributed by atoms with Gasteiger partial charge >= 0.3 is 0 Å². The van der Waals surface area contributed by atoms with Crippen molar-refractivity contribution in [3.05, 3.63) is 0 Å². The summed E-state index contributed by atoms with van der Waals surface area (Å²) in [5, 5.41) is 77.2. The SMILES string of the molecule is NC[C@H]1O[C@H](O[C@H]2[C@H](O[C@@H]3O[C@H](CO)[C@@H](OC4O[C@@H](CNC(=O)[C@@H](N)CCCN=C(N)N)[C@@H](O)[C@H](O)[C@H]4N)[C@H]3O)[C@@H](O)[C@H](N)C[C@@H]2N)[C@H](N)[C@@H](O)[C@@H]1O. The van der Waals surface area contributed by atoms with Gasteiger partial charge in [0.15, 0.2) is 24.8 Å². The summed E-state index contributed by atoms with van der Waals surface area (Å²) in [6.45, 7) is -0.950. The summed E-state index contributed by atoms with van der Waals surface area (Å²) < 4.78 is 35.2. The Labute approximate surface area is 305 Å². The Bertz CT molecular complexity index is 1200. The van der Waals surface area contributed by atoms with E-state index in [2.05, 4.69) is 10.3 Å². The van der Waals surface area contributed by atoms with Crippen LogP contribution in [0.3, 0.4) is 0 Å². The van der Waals surface area contributed by atoms with E-state index in [0.717, 1.165) is 0 Å². The first kappa shape index (κ1) is 43.7. The molecule has 1 saturated carbocycles. The van der Waals surface area contributed by atoms with Crippen molar-refractivity contribution in [1.82, 2.24) is 5.32 Å². The third kappa shape index (κ3) is 10.2. The number of rotatable bonds is 15.